The zero-order valence-electron chi connectivity index (χ0n) is 11.3. The van der Waals surface area contributed by atoms with E-state index in [1.165, 1.54) is 4.90 Å². The summed E-state index contributed by atoms with van der Waals surface area (Å²) in [6, 6.07) is 19.5. The third kappa shape index (κ3) is 3.51. The molecular formula is C16H15N3OS. The minimum Gasteiger partial charge on any atom is -0.422 e. The van der Waals surface area contributed by atoms with Gasteiger partial charge in [-0.1, -0.05) is 48.5 Å². The van der Waals surface area contributed by atoms with Crippen LogP contribution in [0.4, 0.5) is 0 Å². The fourth-order valence-corrected chi connectivity index (χ4v) is 2.67. The Labute approximate surface area is 127 Å². The Bertz CT molecular complexity index is 685. The first kappa shape index (κ1) is 13.9. The molecular weight excluding hydrogens is 282 g/mol. The predicted octanol–water partition coefficient (Wildman–Crippen LogP) is 3.41. The van der Waals surface area contributed by atoms with Crippen LogP contribution in [0.15, 0.2) is 70.0 Å². The van der Waals surface area contributed by atoms with Crippen molar-refractivity contribution >= 4 is 11.8 Å². The molecule has 2 N–H and O–H groups in total. The first-order valence-electron chi connectivity index (χ1n) is 6.63. The van der Waals surface area contributed by atoms with Crippen molar-refractivity contribution in [2.45, 2.75) is 16.7 Å². The summed E-state index contributed by atoms with van der Waals surface area (Å²) in [6.45, 7) is 0. The fourth-order valence-electron chi connectivity index (χ4n) is 1.92. The maximum Gasteiger partial charge on any atom is 0.237 e. The van der Waals surface area contributed by atoms with Gasteiger partial charge in [0, 0.05) is 4.90 Å². The van der Waals surface area contributed by atoms with E-state index in [0.717, 1.165) is 5.56 Å². The zero-order valence-corrected chi connectivity index (χ0v) is 12.2. The van der Waals surface area contributed by atoms with E-state index in [1.807, 2.05) is 48.5 Å². The molecule has 1 heterocycles. The summed E-state index contributed by atoms with van der Waals surface area (Å²) in [5.41, 5.74) is 7.10. The van der Waals surface area contributed by atoms with Crippen molar-refractivity contribution in [1.29, 1.82) is 0 Å². The summed E-state index contributed by atoms with van der Waals surface area (Å²) in [7, 11) is 0. The SMILES string of the molecule is NC(c1ccccc1)c1nnc(CSc2ccccc2)o1. The summed E-state index contributed by atoms with van der Waals surface area (Å²) in [5, 5.41) is 8.11. The predicted molar refractivity (Wildman–Crippen MR) is 82.8 cm³/mol. The molecule has 2 aromatic carbocycles. The van der Waals surface area contributed by atoms with Crippen LogP contribution < -0.4 is 5.73 Å². The lowest BCUT2D eigenvalue weighted by Crippen LogP contribution is -2.11. The summed E-state index contributed by atoms with van der Waals surface area (Å²) in [4.78, 5) is 1.17. The molecule has 0 fully saturated rings. The molecule has 0 bridgehead atoms. The summed E-state index contributed by atoms with van der Waals surface area (Å²) in [6.07, 6.45) is 0. The van der Waals surface area contributed by atoms with Crippen LogP contribution in [0, 0.1) is 0 Å². The quantitative estimate of drug-likeness (QED) is 0.731. The number of hydrogen-bond donors (Lipinski definition) is 1. The Morgan fingerprint density at radius 2 is 1.62 bits per heavy atom. The maximum absolute atomic E-state index is 6.13. The Balaban J connectivity index is 1.66. The molecule has 0 saturated heterocycles. The summed E-state index contributed by atoms with van der Waals surface area (Å²) >= 11 is 1.66. The molecule has 0 amide bonds. The van der Waals surface area contributed by atoms with Crippen LogP contribution in [0.3, 0.4) is 0 Å². The highest BCUT2D eigenvalue weighted by atomic mass is 32.2. The third-order valence-corrected chi connectivity index (χ3v) is 4.01. The van der Waals surface area contributed by atoms with Gasteiger partial charge < -0.3 is 10.2 Å². The summed E-state index contributed by atoms with van der Waals surface area (Å²) in [5.74, 6) is 1.67. The maximum atomic E-state index is 6.13. The van der Waals surface area contributed by atoms with Gasteiger partial charge in [-0.15, -0.1) is 22.0 Å². The number of rotatable bonds is 5. The number of nitrogens with zero attached hydrogens (tertiary/aromatic N) is 2. The van der Waals surface area contributed by atoms with Gasteiger partial charge >= 0.3 is 0 Å². The van der Waals surface area contributed by atoms with Crippen molar-refractivity contribution in [3.8, 4) is 0 Å². The monoisotopic (exact) mass is 297 g/mol. The van der Waals surface area contributed by atoms with Crippen LogP contribution in [0.2, 0.25) is 0 Å². The Morgan fingerprint density at radius 3 is 2.33 bits per heavy atom. The average Bonchev–Trinajstić information content (AvgIpc) is 3.03. The fraction of sp³-hybridized carbons (Fsp3) is 0.125. The van der Waals surface area contributed by atoms with Crippen LogP contribution in [0.25, 0.3) is 0 Å². The van der Waals surface area contributed by atoms with Crippen LogP contribution in [0.1, 0.15) is 23.4 Å². The standard InChI is InChI=1S/C16H15N3OS/c17-15(12-7-3-1-4-8-12)16-19-18-14(20-16)11-21-13-9-5-2-6-10-13/h1-10,15H,11,17H2. The zero-order chi connectivity index (χ0) is 14.5. The van der Waals surface area contributed by atoms with E-state index in [-0.39, 0.29) is 6.04 Å². The van der Waals surface area contributed by atoms with E-state index in [2.05, 4.69) is 22.3 Å². The van der Waals surface area contributed by atoms with Gasteiger partial charge in [0.25, 0.3) is 0 Å². The van der Waals surface area contributed by atoms with Crippen LogP contribution in [-0.2, 0) is 5.75 Å². The molecule has 0 spiro atoms. The largest absolute Gasteiger partial charge is 0.422 e. The van der Waals surface area contributed by atoms with Crippen molar-refractivity contribution < 1.29 is 4.42 Å². The highest BCUT2D eigenvalue weighted by Gasteiger charge is 2.16. The smallest absolute Gasteiger partial charge is 0.237 e. The first-order chi connectivity index (χ1) is 10.3. The number of aromatic nitrogens is 2. The van der Waals surface area contributed by atoms with Gasteiger partial charge in [-0.3, -0.25) is 0 Å². The molecule has 0 aliphatic rings. The van der Waals surface area contributed by atoms with Crippen LogP contribution >= 0.6 is 11.8 Å². The number of hydrogen-bond acceptors (Lipinski definition) is 5. The molecule has 0 saturated carbocycles. The van der Waals surface area contributed by atoms with E-state index < -0.39 is 0 Å². The van der Waals surface area contributed by atoms with E-state index in [0.29, 0.717) is 17.5 Å². The van der Waals surface area contributed by atoms with Crippen molar-refractivity contribution in [3.05, 3.63) is 78.0 Å². The Hall–Kier alpha value is -2.11. The van der Waals surface area contributed by atoms with E-state index in [4.69, 9.17) is 10.2 Å². The molecule has 3 aromatic rings. The Kier molecular flexibility index (Phi) is 4.33. The molecule has 1 aromatic heterocycles. The first-order valence-corrected chi connectivity index (χ1v) is 7.62. The highest BCUT2D eigenvalue weighted by Crippen LogP contribution is 2.23. The van der Waals surface area contributed by atoms with Gasteiger partial charge in [0.2, 0.25) is 11.8 Å². The van der Waals surface area contributed by atoms with Crippen LogP contribution in [-0.4, -0.2) is 10.2 Å². The minimum atomic E-state index is -0.380. The number of benzene rings is 2. The molecule has 3 rings (SSSR count). The van der Waals surface area contributed by atoms with Gasteiger partial charge in [0.15, 0.2) is 0 Å². The average molecular weight is 297 g/mol. The van der Waals surface area contributed by atoms with Crippen molar-refractivity contribution in [2.75, 3.05) is 0 Å². The number of thioether (sulfide) groups is 1. The topological polar surface area (TPSA) is 64.9 Å². The normalized spacial score (nSPS) is 12.2. The van der Waals surface area contributed by atoms with Crippen molar-refractivity contribution in [1.82, 2.24) is 10.2 Å². The highest BCUT2D eigenvalue weighted by molar-refractivity contribution is 7.98. The molecule has 0 aliphatic heterocycles. The second-order valence-corrected chi connectivity index (χ2v) is 5.57. The van der Waals surface area contributed by atoms with E-state index in [9.17, 15) is 0 Å². The molecule has 21 heavy (non-hydrogen) atoms. The minimum absolute atomic E-state index is 0.380. The lowest BCUT2D eigenvalue weighted by Gasteiger charge is -2.06. The van der Waals surface area contributed by atoms with Crippen molar-refractivity contribution in [2.24, 2.45) is 5.73 Å². The lowest BCUT2D eigenvalue weighted by atomic mass is 10.1. The molecule has 5 heteroatoms. The molecule has 4 nitrogen and oxygen atoms in total. The molecule has 106 valence electrons. The van der Waals surface area contributed by atoms with Crippen molar-refractivity contribution in [3.63, 3.8) is 0 Å². The van der Waals surface area contributed by atoms with E-state index >= 15 is 0 Å². The summed E-state index contributed by atoms with van der Waals surface area (Å²) < 4.78 is 5.65. The lowest BCUT2D eigenvalue weighted by molar-refractivity contribution is 0.448. The van der Waals surface area contributed by atoms with Gasteiger partial charge in [0.05, 0.1) is 5.75 Å². The van der Waals surface area contributed by atoms with E-state index in [1.54, 1.807) is 11.8 Å². The molecule has 0 aliphatic carbocycles. The van der Waals surface area contributed by atoms with Gasteiger partial charge in [-0.2, -0.15) is 0 Å². The van der Waals surface area contributed by atoms with Gasteiger partial charge in [-0.25, -0.2) is 0 Å². The second-order valence-electron chi connectivity index (χ2n) is 4.52. The van der Waals surface area contributed by atoms with Crippen LogP contribution in [0.5, 0.6) is 0 Å². The number of nitrogens with two attached hydrogens (primary N) is 1. The third-order valence-electron chi connectivity index (χ3n) is 3.01. The molecule has 0 radical (unpaired) electrons. The van der Waals surface area contributed by atoms with Gasteiger partial charge in [0.1, 0.15) is 6.04 Å². The van der Waals surface area contributed by atoms with Gasteiger partial charge in [-0.05, 0) is 17.7 Å². The molecule has 1 atom stereocenters. The molecule has 1 unspecified atom stereocenters. The second kappa shape index (κ2) is 6.56. The Morgan fingerprint density at radius 1 is 0.952 bits per heavy atom.